The van der Waals surface area contributed by atoms with Crippen LogP contribution in [0.3, 0.4) is 0 Å². The molecule has 0 saturated carbocycles. The third kappa shape index (κ3) is 5.60. The van der Waals surface area contributed by atoms with E-state index in [-0.39, 0.29) is 35.8 Å². The predicted octanol–water partition coefficient (Wildman–Crippen LogP) is 4.62. The van der Waals surface area contributed by atoms with E-state index in [1.54, 1.807) is 0 Å². The second-order valence-corrected chi connectivity index (χ2v) is 9.37. The minimum Gasteiger partial charge on any atom is -0.484 e. The number of halogens is 1. The van der Waals surface area contributed by atoms with Crippen LogP contribution >= 0.6 is 0 Å². The van der Waals surface area contributed by atoms with Gasteiger partial charge in [-0.15, -0.1) is 0 Å². The number of piperazine rings is 1. The molecule has 0 aromatic heterocycles. The Morgan fingerprint density at radius 3 is 2.43 bits per heavy atom. The van der Waals surface area contributed by atoms with Crippen LogP contribution in [0, 0.1) is 5.82 Å². The van der Waals surface area contributed by atoms with Crippen molar-refractivity contribution in [2.75, 3.05) is 19.7 Å². The fourth-order valence-electron chi connectivity index (χ4n) is 3.87. The standard InChI is InChI=1S/C25H33FN2O2/c1-18-15-28(19(2)14-27(18)16-20-9-11-22(26)12-10-20)24(29)17-30-23-8-6-7-21(13-23)25(3,4)5/h6-13,18-19H,14-17H2,1-5H3/t18-,19+/m0/s1. The maximum Gasteiger partial charge on any atom is 0.260 e. The van der Waals surface area contributed by atoms with Crippen LogP contribution in [0.1, 0.15) is 45.7 Å². The molecule has 30 heavy (non-hydrogen) atoms. The van der Waals surface area contributed by atoms with Gasteiger partial charge in [-0.1, -0.05) is 45.0 Å². The highest BCUT2D eigenvalue weighted by molar-refractivity contribution is 5.78. The van der Waals surface area contributed by atoms with Gasteiger partial charge in [0.1, 0.15) is 11.6 Å². The molecule has 162 valence electrons. The largest absolute Gasteiger partial charge is 0.484 e. The molecule has 0 spiro atoms. The van der Waals surface area contributed by atoms with Gasteiger partial charge in [-0.2, -0.15) is 0 Å². The highest BCUT2D eigenvalue weighted by atomic mass is 19.1. The summed E-state index contributed by atoms with van der Waals surface area (Å²) in [7, 11) is 0. The third-order valence-electron chi connectivity index (χ3n) is 5.80. The van der Waals surface area contributed by atoms with Crippen molar-refractivity contribution in [2.45, 2.75) is 58.7 Å². The van der Waals surface area contributed by atoms with Crippen molar-refractivity contribution in [2.24, 2.45) is 0 Å². The molecule has 0 unspecified atom stereocenters. The monoisotopic (exact) mass is 412 g/mol. The van der Waals surface area contributed by atoms with Crippen LogP contribution in [-0.2, 0) is 16.8 Å². The van der Waals surface area contributed by atoms with Crippen molar-refractivity contribution >= 4 is 5.91 Å². The van der Waals surface area contributed by atoms with E-state index in [2.05, 4.69) is 45.6 Å². The van der Waals surface area contributed by atoms with Crippen molar-refractivity contribution in [1.82, 2.24) is 9.80 Å². The molecule has 2 aromatic carbocycles. The van der Waals surface area contributed by atoms with Gasteiger partial charge in [-0.05, 0) is 54.7 Å². The van der Waals surface area contributed by atoms with Gasteiger partial charge < -0.3 is 9.64 Å². The number of rotatable bonds is 5. The van der Waals surface area contributed by atoms with E-state index in [9.17, 15) is 9.18 Å². The van der Waals surface area contributed by atoms with E-state index in [0.717, 1.165) is 24.4 Å². The van der Waals surface area contributed by atoms with E-state index >= 15 is 0 Å². The normalized spacial score (nSPS) is 20.3. The zero-order valence-corrected chi connectivity index (χ0v) is 18.7. The molecular weight excluding hydrogens is 379 g/mol. The first-order chi connectivity index (χ1) is 14.1. The Hall–Kier alpha value is -2.40. The molecule has 0 aliphatic carbocycles. The lowest BCUT2D eigenvalue weighted by molar-refractivity contribution is -0.139. The van der Waals surface area contributed by atoms with Crippen LogP contribution in [-0.4, -0.2) is 47.5 Å². The molecule has 0 radical (unpaired) electrons. The summed E-state index contributed by atoms with van der Waals surface area (Å²) in [6.07, 6.45) is 0. The molecule has 1 aliphatic heterocycles. The summed E-state index contributed by atoms with van der Waals surface area (Å²) in [4.78, 5) is 17.1. The summed E-state index contributed by atoms with van der Waals surface area (Å²) in [6, 6.07) is 14.9. The topological polar surface area (TPSA) is 32.8 Å². The van der Waals surface area contributed by atoms with Crippen molar-refractivity contribution in [3.05, 3.63) is 65.5 Å². The minimum absolute atomic E-state index is 0.0111. The van der Waals surface area contributed by atoms with Crippen LogP contribution in [0.4, 0.5) is 4.39 Å². The molecule has 4 nitrogen and oxygen atoms in total. The highest BCUT2D eigenvalue weighted by Crippen LogP contribution is 2.26. The Morgan fingerprint density at radius 1 is 1.07 bits per heavy atom. The molecule has 1 saturated heterocycles. The van der Waals surface area contributed by atoms with Crippen LogP contribution in [0.25, 0.3) is 0 Å². The highest BCUT2D eigenvalue weighted by Gasteiger charge is 2.32. The summed E-state index contributed by atoms with van der Waals surface area (Å²) in [5.41, 5.74) is 2.30. The number of nitrogens with zero attached hydrogens (tertiary/aromatic N) is 2. The van der Waals surface area contributed by atoms with E-state index in [0.29, 0.717) is 6.54 Å². The molecule has 5 heteroatoms. The second kappa shape index (κ2) is 9.17. The zero-order valence-electron chi connectivity index (χ0n) is 18.7. The second-order valence-electron chi connectivity index (χ2n) is 9.37. The van der Waals surface area contributed by atoms with Crippen LogP contribution in [0.15, 0.2) is 48.5 Å². The molecule has 3 rings (SSSR count). The van der Waals surface area contributed by atoms with E-state index < -0.39 is 0 Å². The van der Waals surface area contributed by atoms with E-state index in [1.165, 1.54) is 17.7 Å². The maximum absolute atomic E-state index is 13.1. The van der Waals surface area contributed by atoms with Gasteiger partial charge in [0, 0.05) is 31.7 Å². The average Bonchev–Trinajstić information content (AvgIpc) is 2.70. The molecule has 1 fully saturated rings. The molecule has 0 bridgehead atoms. The molecule has 1 aliphatic rings. The van der Waals surface area contributed by atoms with Crippen molar-refractivity contribution in [3.8, 4) is 5.75 Å². The molecule has 2 atom stereocenters. The quantitative estimate of drug-likeness (QED) is 0.718. The molecule has 0 N–H and O–H groups in total. The SMILES string of the molecule is C[C@@H]1CN(Cc2ccc(F)cc2)[C@@H](C)CN1C(=O)COc1cccc(C(C)(C)C)c1. The van der Waals surface area contributed by atoms with Crippen molar-refractivity contribution in [1.29, 1.82) is 0 Å². The van der Waals surface area contributed by atoms with Gasteiger partial charge in [0.25, 0.3) is 5.91 Å². The van der Waals surface area contributed by atoms with Gasteiger partial charge in [0.2, 0.25) is 0 Å². The van der Waals surface area contributed by atoms with Gasteiger partial charge in [0.05, 0.1) is 0 Å². The maximum atomic E-state index is 13.1. The number of hydrogen-bond acceptors (Lipinski definition) is 3. The minimum atomic E-state index is -0.219. The first-order valence-corrected chi connectivity index (χ1v) is 10.6. The first kappa shape index (κ1) is 22.3. The lowest BCUT2D eigenvalue weighted by Gasteiger charge is -2.44. The van der Waals surface area contributed by atoms with Crippen molar-refractivity contribution < 1.29 is 13.9 Å². The number of hydrogen-bond donors (Lipinski definition) is 0. The Labute approximate surface area is 179 Å². The molecular formula is C25H33FN2O2. The molecule has 1 heterocycles. The lowest BCUT2D eigenvalue weighted by Crippen LogP contribution is -2.58. The third-order valence-corrected chi connectivity index (χ3v) is 5.80. The number of ether oxygens (including phenoxy) is 1. The summed E-state index contributed by atoms with van der Waals surface area (Å²) < 4.78 is 19.0. The summed E-state index contributed by atoms with van der Waals surface area (Å²) in [5.74, 6) is 0.520. The fraction of sp³-hybridized carbons (Fsp3) is 0.480. The Balaban J connectivity index is 1.56. The Kier molecular flexibility index (Phi) is 6.81. The Bertz CT molecular complexity index is 860. The fourth-order valence-corrected chi connectivity index (χ4v) is 3.87. The number of carbonyl (C=O) groups excluding carboxylic acids is 1. The number of carbonyl (C=O) groups is 1. The Morgan fingerprint density at radius 2 is 1.77 bits per heavy atom. The van der Waals surface area contributed by atoms with Crippen LogP contribution in [0.5, 0.6) is 5.75 Å². The van der Waals surface area contributed by atoms with Gasteiger partial charge in [-0.3, -0.25) is 9.69 Å². The predicted molar refractivity (Wildman–Crippen MR) is 118 cm³/mol. The summed E-state index contributed by atoms with van der Waals surface area (Å²) in [6.45, 7) is 12.9. The van der Waals surface area contributed by atoms with Crippen LogP contribution < -0.4 is 4.74 Å². The molecule has 1 amide bonds. The summed E-state index contributed by atoms with van der Waals surface area (Å²) in [5, 5.41) is 0. The first-order valence-electron chi connectivity index (χ1n) is 10.6. The summed E-state index contributed by atoms with van der Waals surface area (Å²) >= 11 is 0. The number of amides is 1. The molecule has 2 aromatic rings. The smallest absolute Gasteiger partial charge is 0.260 e. The average molecular weight is 413 g/mol. The van der Waals surface area contributed by atoms with Crippen molar-refractivity contribution in [3.63, 3.8) is 0 Å². The van der Waals surface area contributed by atoms with Crippen LogP contribution in [0.2, 0.25) is 0 Å². The van der Waals surface area contributed by atoms with E-state index in [1.807, 2.05) is 35.2 Å². The van der Waals surface area contributed by atoms with E-state index in [4.69, 9.17) is 4.74 Å². The van der Waals surface area contributed by atoms with Gasteiger partial charge in [0.15, 0.2) is 6.61 Å². The zero-order chi connectivity index (χ0) is 21.9. The van der Waals surface area contributed by atoms with Gasteiger partial charge in [-0.25, -0.2) is 4.39 Å². The lowest BCUT2D eigenvalue weighted by atomic mass is 9.87. The number of benzene rings is 2. The van der Waals surface area contributed by atoms with Gasteiger partial charge >= 0.3 is 0 Å².